The Morgan fingerprint density at radius 1 is 1.23 bits per heavy atom. The molecule has 4 nitrogen and oxygen atoms in total. The lowest BCUT2D eigenvalue weighted by atomic mass is 10.0. The smallest absolute Gasteiger partial charge is 0.337 e. The number of hydrogen-bond acceptors (Lipinski definition) is 4. The van der Waals surface area contributed by atoms with Gasteiger partial charge in [-0.1, -0.05) is 25.1 Å². The second-order valence-electron chi connectivity index (χ2n) is 5.31. The molecule has 0 fully saturated rings. The first-order valence-corrected chi connectivity index (χ1v) is 7.44. The summed E-state index contributed by atoms with van der Waals surface area (Å²) in [5, 5.41) is 3.41. The molecule has 1 unspecified atom stereocenters. The van der Waals surface area contributed by atoms with Crippen molar-refractivity contribution in [3.05, 3.63) is 48.0 Å². The Balaban J connectivity index is 1.85. The average Bonchev–Trinajstić information content (AvgIpc) is 2.60. The van der Waals surface area contributed by atoms with Gasteiger partial charge in [-0.25, -0.2) is 4.79 Å². The quantitative estimate of drug-likeness (QED) is 0.877. The van der Waals surface area contributed by atoms with Crippen LogP contribution in [0.2, 0.25) is 0 Å². The molecule has 0 saturated carbocycles. The van der Waals surface area contributed by atoms with Crippen molar-refractivity contribution in [1.82, 2.24) is 0 Å². The summed E-state index contributed by atoms with van der Waals surface area (Å²) in [6.45, 7) is 2.95. The van der Waals surface area contributed by atoms with Crippen molar-refractivity contribution < 1.29 is 14.3 Å². The van der Waals surface area contributed by atoms with E-state index in [1.165, 1.54) is 7.11 Å². The molecule has 114 valence electrons. The maximum atomic E-state index is 11.5. The standard InChI is InChI=1S/C18H19NO3/c1-3-15-11-19-16-10-14(8-9-17(16)22-15)12-4-6-13(7-5-12)18(20)21-2/h4-10,15,19H,3,11H2,1-2H3. The second-order valence-corrected chi connectivity index (χ2v) is 5.31. The van der Waals surface area contributed by atoms with E-state index in [9.17, 15) is 4.79 Å². The Morgan fingerprint density at radius 3 is 2.64 bits per heavy atom. The van der Waals surface area contributed by atoms with E-state index in [-0.39, 0.29) is 12.1 Å². The maximum Gasteiger partial charge on any atom is 0.337 e. The average molecular weight is 297 g/mol. The highest BCUT2D eigenvalue weighted by Gasteiger charge is 2.18. The monoisotopic (exact) mass is 297 g/mol. The Bertz CT molecular complexity index is 679. The molecule has 0 amide bonds. The van der Waals surface area contributed by atoms with Gasteiger partial charge in [0.05, 0.1) is 24.9 Å². The molecule has 0 bridgehead atoms. The molecule has 0 aromatic heterocycles. The number of carbonyl (C=O) groups excluding carboxylic acids is 1. The molecule has 4 heteroatoms. The van der Waals surface area contributed by atoms with Crippen molar-refractivity contribution in [2.75, 3.05) is 19.0 Å². The number of nitrogens with one attached hydrogen (secondary N) is 1. The van der Waals surface area contributed by atoms with Gasteiger partial charge in [-0.3, -0.25) is 0 Å². The van der Waals surface area contributed by atoms with Gasteiger partial charge in [-0.2, -0.15) is 0 Å². The third-order valence-electron chi connectivity index (χ3n) is 3.89. The first-order chi connectivity index (χ1) is 10.7. The number of hydrogen-bond donors (Lipinski definition) is 1. The minimum Gasteiger partial charge on any atom is -0.486 e. The Hall–Kier alpha value is -2.49. The highest BCUT2D eigenvalue weighted by Crippen LogP contribution is 2.34. The summed E-state index contributed by atoms with van der Waals surface area (Å²) >= 11 is 0. The van der Waals surface area contributed by atoms with Gasteiger partial charge in [0.15, 0.2) is 0 Å². The van der Waals surface area contributed by atoms with Crippen LogP contribution in [0.1, 0.15) is 23.7 Å². The number of rotatable bonds is 3. The fourth-order valence-electron chi connectivity index (χ4n) is 2.54. The lowest BCUT2D eigenvalue weighted by Crippen LogP contribution is -2.29. The molecule has 1 heterocycles. The summed E-state index contributed by atoms with van der Waals surface area (Å²) in [5.74, 6) is 0.575. The van der Waals surface area contributed by atoms with Gasteiger partial charge in [-0.15, -0.1) is 0 Å². The van der Waals surface area contributed by atoms with Crippen LogP contribution in [0.25, 0.3) is 11.1 Å². The minimum atomic E-state index is -0.322. The number of carbonyl (C=O) groups is 1. The van der Waals surface area contributed by atoms with Gasteiger partial charge in [0, 0.05) is 0 Å². The topological polar surface area (TPSA) is 47.6 Å². The molecular weight excluding hydrogens is 278 g/mol. The lowest BCUT2D eigenvalue weighted by Gasteiger charge is -2.27. The molecule has 1 atom stereocenters. The molecule has 0 saturated heterocycles. The fraction of sp³-hybridized carbons (Fsp3) is 0.278. The van der Waals surface area contributed by atoms with Crippen molar-refractivity contribution in [1.29, 1.82) is 0 Å². The molecule has 0 spiro atoms. The van der Waals surface area contributed by atoms with Crippen molar-refractivity contribution in [2.24, 2.45) is 0 Å². The van der Waals surface area contributed by atoms with Gasteiger partial charge in [0.25, 0.3) is 0 Å². The van der Waals surface area contributed by atoms with Crippen molar-refractivity contribution >= 4 is 11.7 Å². The van der Waals surface area contributed by atoms with Gasteiger partial charge >= 0.3 is 5.97 Å². The second kappa shape index (κ2) is 6.10. The van der Waals surface area contributed by atoms with Gasteiger partial charge < -0.3 is 14.8 Å². The zero-order valence-corrected chi connectivity index (χ0v) is 12.8. The van der Waals surface area contributed by atoms with Crippen LogP contribution >= 0.6 is 0 Å². The van der Waals surface area contributed by atoms with Gasteiger partial charge in [-0.05, 0) is 41.8 Å². The van der Waals surface area contributed by atoms with Crippen LogP contribution in [0.15, 0.2) is 42.5 Å². The minimum absolute atomic E-state index is 0.234. The molecule has 1 N–H and O–H groups in total. The molecule has 2 aromatic rings. The Morgan fingerprint density at radius 2 is 1.95 bits per heavy atom. The number of benzene rings is 2. The van der Waals surface area contributed by atoms with E-state index in [1.54, 1.807) is 12.1 Å². The molecule has 0 aliphatic carbocycles. The van der Waals surface area contributed by atoms with E-state index < -0.39 is 0 Å². The third kappa shape index (κ3) is 2.77. The first kappa shape index (κ1) is 14.4. The van der Waals surface area contributed by atoms with Crippen molar-refractivity contribution in [3.8, 4) is 16.9 Å². The summed E-state index contributed by atoms with van der Waals surface area (Å²) in [6.07, 6.45) is 1.22. The lowest BCUT2D eigenvalue weighted by molar-refractivity contribution is 0.0601. The maximum absolute atomic E-state index is 11.5. The SMILES string of the molecule is CCC1CNc2cc(-c3ccc(C(=O)OC)cc3)ccc2O1. The zero-order chi connectivity index (χ0) is 15.5. The molecule has 1 aliphatic heterocycles. The highest BCUT2D eigenvalue weighted by molar-refractivity contribution is 5.90. The van der Waals surface area contributed by atoms with Gasteiger partial charge in [0.2, 0.25) is 0 Å². The van der Waals surface area contributed by atoms with E-state index in [0.29, 0.717) is 5.56 Å². The third-order valence-corrected chi connectivity index (χ3v) is 3.89. The van der Waals surface area contributed by atoms with Crippen LogP contribution in [-0.4, -0.2) is 25.7 Å². The van der Waals surface area contributed by atoms with Crippen LogP contribution in [0.4, 0.5) is 5.69 Å². The number of methoxy groups -OCH3 is 1. The van der Waals surface area contributed by atoms with E-state index in [0.717, 1.165) is 35.5 Å². The number of anilines is 1. The van der Waals surface area contributed by atoms with Crippen molar-refractivity contribution in [3.63, 3.8) is 0 Å². The van der Waals surface area contributed by atoms with Crippen LogP contribution in [0.3, 0.4) is 0 Å². The molecule has 0 radical (unpaired) electrons. The fourth-order valence-corrected chi connectivity index (χ4v) is 2.54. The summed E-state index contributed by atoms with van der Waals surface area (Å²) in [7, 11) is 1.38. The summed E-state index contributed by atoms with van der Waals surface area (Å²) in [6, 6.07) is 13.5. The normalized spacial score (nSPS) is 16.2. The van der Waals surface area contributed by atoms with E-state index >= 15 is 0 Å². The predicted octanol–water partition coefficient (Wildman–Crippen LogP) is 3.72. The van der Waals surface area contributed by atoms with Gasteiger partial charge in [0.1, 0.15) is 11.9 Å². The van der Waals surface area contributed by atoms with E-state index in [1.807, 2.05) is 24.3 Å². The highest BCUT2D eigenvalue weighted by atomic mass is 16.5. The van der Waals surface area contributed by atoms with Crippen LogP contribution in [0, 0.1) is 0 Å². The number of fused-ring (bicyclic) bond motifs is 1. The number of ether oxygens (including phenoxy) is 2. The molecule has 1 aliphatic rings. The van der Waals surface area contributed by atoms with Crippen LogP contribution in [-0.2, 0) is 4.74 Å². The molecule has 2 aromatic carbocycles. The van der Waals surface area contributed by atoms with Crippen LogP contribution < -0.4 is 10.1 Å². The Kier molecular flexibility index (Phi) is 4.00. The molecule has 3 rings (SSSR count). The Labute approximate surface area is 130 Å². The molecular formula is C18H19NO3. The van der Waals surface area contributed by atoms with Crippen molar-refractivity contribution in [2.45, 2.75) is 19.4 Å². The zero-order valence-electron chi connectivity index (χ0n) is 12.8. The predicted molar refractivity (Wildman–Crippen MR) is 86.4 cm³/mol. The molecule has 22 heavy (non-hydrogen) atoms. The summed E-state index contributed by atoms with van der Waals surface area (Å²) in [4.78, 5) is 11.5. The largest absolute Gasteiger partial charge is 0.486 e. The number of esters is 1. The van der Waals surface area contributed by atoms with Crippen LogP contribution in [0.5, 0.6) is 5.75 Å². The van der Waals surface area contributed by atoms with E-state index in [4.69, 9.17) is 9.47 Å². The summed E-state index contributed by atoms with van der Waals surface area (Å²) < 4.78 is 10.6. The first-order valence-electron chi connectivity index (χ1n) is 7.44. The van der Waals surface area contributed by atoms with E-state index in [2.05, 4.69) is 18.3 Å². The summed E-state index contributed by atoms with van der Waals surface area (Å²) in [5.41, 5.74) is 3.70.